The summed E-state index contributed by atoms with van der Waals surface area (Å²) in [6, 6.07) is 12.9. The van der Waals surface area contributed by atoms with Crippen LogP contribution >= 0.6 is 0 Å². The van der Waals surface area contributed by atoms with E-state index in [0.717, 1.165) is 10.5 Å². The van der Waals surface area contributed by atoms with Crippen LogP contribution in [0.25, 0.3) is 0 Å². The van der Waals surface area contributed by atoms with Crippen LogP contribution in [-0.2, 0) is 14.4 Å². The second-order valence-corrected chi connectivity index (χ2v) is 10.7. The van der Waals surface area contributed by atoms with Gasteiger partial charge in [0.05, 0.1) is 30.7 Å². The molecule has 2 aromatic carbocycles. The molecule has 0 bridgehead atoms. The summed E-state index contributed by atoms with van der Waals surface area (Å²) in [6.45, 7) is 8.94. The van der Waals surface area contributed by atoms with Crippen molar-refractivity contribution in [1.82, 2.24) is 9.80 Å². The Labute approximate surface area is 204 Å². The number of amides is 5. The Morgan fingerprint density at radius 3 is 2.03 bits per heavy atom. The van der Waals surface area contributed by atoms with Gasteiger partial charge >= 0.3 is 6.03 Å². The molecule has 182 valence electrons. The van der Waals surface area contributed by atoms with Crippen LogP contribution in [0.15, 0.2) is 48.5 Å². The molecule has 0 aliphatic carbocycles. The van der Waals surface area contributed by atoms with E-state index >= 15 is 0 Å². The largest absolute Gasteiger partial charge is 0.497 e. The summed E-state index contributed by atoms with van der Waals surface area (Å²) in [5.41, 5.74) is -0.145. The Balaban J connectivity index is 1.70. The highest BCUT2D eigenvalue weighted by molar-refractivity contribution is 6.26. The van der Waals surface area contributed by atoms with Gasteiger partial charge < -0.3 is 9.64 Å². The average Bonchev–Trinajstić information content (AvgIpc) is 3.31. The van der Waals surface area contributed by atoms with Gasteiger partial charge in [0.1, 0.15) is 11.3 Å². The molecule has 3 aliphatic rings. The summed E-state index contributed by atoms with van der Waals surface area (Å²) in [7, 11) is 1.56. The van der Waals surface area contributed by atoms with Gasteiger partial charge in [-0.15, -0.1) is 0 Å². The monoisotopic (exact) mass is 475 g/mol. The fourth-order valence-electron chi connectivity index (χ4n) is 5.91. The van der Waals surface area contributed by atoms with Crippen molar-refractivity contribution in [3.63, 3.8) is 0 Å². The predicted octanol–water partition coefficient (Wildman–Crippen LogP) is 3.69. The van der Waals surface area contributed by atoms with Crippen LogP contribution in [0.4, 0.5) is 10.5 Å². The first-order valence-corrected chi connectivity index (χ1v) is 11.7. The lowest BCUT2D eigenvalue weighted by Gasteiger charge is -2.36. The maximum absolute atomic E-state index is 14.0. The number of anilines is 1. The Kier molecular flexibility index (Phi) is 4.88. The molecule has 4 atom stereocenters. The number of nitrogens with zero attached hydrogens (tertiary/aromatic N) is 3. The third-order valence-electron chi connectivity index (χ3n) is 7.53. The lowest BCUT2D eigenvalue weighted by Crippen LogP contribution is -2.54. The van der Waals surface area contributed by atoms with E-state index in [1.807, 2.05) is 19.1 Å². The lowest BCUT2D eigenvalue weighted by molar-refractivity contribution is -0.148. The van der Waals surface area contributed by atoms with E-state index in [-0.39, 0.29) is 5.91 Å². The van der Waals surface area contributed by atoms with E-state index in [4.69, 9.17) is 4.74 Å². The minimum Gasteiger partial charge on any atom is -0.497 e. The third-order valence-corrected chi connectivity index (χ3v) is 7.53. The number of rotatable bonds is 3. The van der Waals surface area contributed by atoms with E-state index in [9.17, 15) is 19.2 Å². The normalized spacial score (nSPS) is 28.2. The number of fused-ring (bicyclic) bond motifs is 3. The first kappa shape index (κ1) is 23.1. The first-order chi connectivity index (χ1) is 16.4. The number of hydrogen-bond acceptors (Lipinski definition) is 5. The van der Waals surface area contributed by atoms with Crippen molar-refractivity contribution in [2.75, 3.05) is 12.0 Å². The van der Waals surface area contributed by atoms with Crippen LogP contribution in [-0.4, -0.2) is 51.7 Å². The van der Waals surface area contributed by atoms with Crippen molar-refractivity contribution in [3.8, 4) is 5.75 Å². The standard InChI is InChI=1S/C27H29N3O5/c1-15-7-11-17(12-8-15)28-24(33)27(5)20-19(22(31)30(23(20)32)26(2,3)4)21(29(27)25(28)34)16-9-13-18(35-6)14-10-16/h7-14,19-21H,1-6H3/t19-,20-,21-,27-/m1/s1. The molecule has 3 aliphatic heterocycles. The topological polar surface area (TPSA) is 87.2 Å². The van der Waals surface area contributed by atoms with Gasteiger partial charge in [-0.1, -0.05) is 29.8 Å². The van der Waals surface area contributed by atoms with E-state index in [1.54, 1.807) is 71.2 Å². The smallest absolute Gasteiger partial charge is 0.332 e. The summed E-state index contributed by atoms with van der Waals surface area (Å²) < 4.78 is 5.28. The third kappa shape index (κ3) is 2.98. The van der Waals surface area contributed by atoms with Crippen molar-refractivity contribution >= 4 is 29.4 Å². The average molecular weight is 476 g/mol. The summed E-state index contributed by atoms with van der Waals surface area (Å²) in [4.78, 5) is 59.3. The van der Waals surface area contributed by atoms with E-state index in [2.05, 4.69) is 0 Å². The number of carbonyl (C=O) groups excluding carboxylic acids is 4. The van der Waals surface area contributed by atoms with Crippen molar-refractivity contribution < 1.29 is 23.9 Å². The Morgan fingerprint density at radius 2 is 1.49 bits per heavy atom. The fraction of sp³-hybridized carbons (Fsp3) is 0.407. The number of ether oxygens (including phenoxy) is 1. The van der Waals surface area contributed by atoms with Crippen molar-refractivity contribution in [3.05, 3.63) is 59.7 Å². The molecule has 8 heteroatoms. The Bertz CT molecular complexity index is 1250. The summed E-state index contributed by atoms with van der Waals surface area (Å²) in [5, 5.41) is 0. The zero-order valence-electron chi connectivity index (χ0n) is 20.7. The van der Waals surface area contributed by atoms with Crippen LogP contribution < -0.4 is 9.64 Å². The zero-order chi connectivity index (χ0) is 25.4. The molecular formula is C27H29N3O5. The quantitative estimate of drug-likeness (QED) is 0.499. The molecule has 0 radical (unpaired) electrons. The van der Waals surface area contributed by atoms with Crippen LogP contribution in [0.3, 0.4) is 0 Å². The minimum atomic E-state index is -1.50. The zero-order valence-corrected chi connectivity index (χ0v) is 20.7. The number of carbonyl (C=O) groups is 4. The summed E-state index contributed by atoms with van der Waals surface area (Å²) >= 11 is 0. The van der Waals surface area contributed by atoms with E-state index in [1.165, 1.54) is 9.80 Å². The molecule has 5 amide bonds. The molecule has 35 heavy (non-hydrogen) atoms. The Morgan fingerprint density at radius 1 is 0.886 bits per heavy atom. The summed E-state index contributed by atoms with van der Waals surface area (Å²) in [6.07, 6.45) is 0. The van der Waals surface area contributed by atoms with Gasteiger partial charge in [0, 0.05) is 5.54 Å². The van der Waals surface area contributed by atoms with Crippen LogP contribution in [0.1, 0.15) is 44.9 Å². The second kappa shape index (κ2) is 7.41. The molecule has 0 spiro atoms. The number of urea groups is 1. The molecule has 3 saturated heterocycles. The highest BCUT2D eigenvalue weighted by atomic mass is 16.5. The maximum atomic E-state index is 14.0. The van der Waals surface area contributed by atoms with Crippen molar-refractivity contribution in [2.24, 2.45) is 11.8 Å². The van der Waals surface area contributed by atoms with Gasteiger partial charge in [-0.05, 0) is 64.4 Å². The SMILES string of the molecule is COc1ccc([C@@H]2[C@@H]3C(=O)N(C(C)(C)C)C(=O)[C@@H]3[C@]3(C)C(=O)N(c4ccc(C)cc4)C(=O)N23)cc1. The van der Waals surface area contributed by atoms with Gasteiger partial charge in [-0.2, -0.15) is 0 Å². The molecular weight excluding hydrogens is 446 g/mol. The van der Waals surface area contributed by atoms with Crippen LogP contribution in [0.2, 0.25) is 0 Å². The number of hydrogen-bond donors (Lipinski definition) is 0. The minimum absolute atomic E-state index is 0.355. The molecule has 2 aromatic rings. The van der Waals surface area contributed by atoms with Crippen molar-refractivity contribution in [1.29, 1.82) is 0 Å². The number of aryl methyl sites for hydroxylation is 1. The lowest BCUT2D eigenvalue weighted by atomic mass is 9.79. The highest BCUT2D eigenvalue weighted by Gasteiger charge is 2.76. The molecule has 0 unspecified atom stereocenters. The van der Waals surface area contributed by atoms with Crippen molar-refractivity contribution in [2.45, 2.75) is 51.7 Å². The Hall–Kier alpha value is -3.68. The molecule has 5 rings (SSSR count). The molecule has 0 saturated carbocycles. The predicted molar refractivity (Wildman–Crippen MR) is 129 cm³/mol. The highest BCUT2D eigenvalue weighted by Crippen LogP contribution is 2.59. The van der Waals surface area contributed by atoms with Gasteiger partial charge in [-0.25, -0.2) is 9.69 Å². The molecule has 3 fully saturated rings. The molecule has 0 aromatic heterocycles. The van der Waals surface area contributed by atoms with Gasteiger partial charge in [-0.3, -0.25) is 19.3 Å². The number of methoxy groups -OCH3 is 1. The fourth-order valence-corrected chi connectivity index (χ4v) is 5.91. The van der Waals surface area contributed by atoms with E-state index in [0.29, 0.717) is 17.0 Å². The van der Waals surface area contributed by atoms with Gasteiger partial charge in [0.2, 0.25) is 11.8 Å². The van der Waals surface area contributed by atoms with E-state index < -0.39 is 46.8 Å². The summed E-state index contributed by atoms with van der Waals surface area (Å²) in [5.74, 6) is -2.47. The first-order valence-electron chi connectivity index (χ1n) is 11.7. The maximum Gasteiger partial charge on any atom is 0.332 e. The number of likely N-dealkylation sites (tertiary alicyclic amines) is 1. The van der Waals surface area contributed by atoms with Crippen LogP contribution in [0, 0.1) is 18.8 Å². The van der Waals surface area contributed by atoms with Crippen LogP contribution in [0.5, 0.6) is 5.75 Å². The second-order valence-electron chi connectivity index (χ2n) is 10.7. The molecule has 8 nitrogen and oxygen atoms in total. The van der Waals surface area contributed by atoms with Gasteiger partial charge in [0.15, 0.2) is 0 Å². The molecule has 3 heterocycles. The van der Waals surface area contributed by atoms with Gasteiger partial charge in [0.25, 0.3) is 5.91 Å². The molecule has 0 N–H and O–H groups in total. The number of benzene rings is 2. The number of imide groups is 2.